The zero-order chi connectivity index (χ0) is 20.5. The first-order valence-electron chi connectivity index (χ1n) is 10.7. The Balaban J connectivity index is 1.45. The van der Waals surface area contributed by atoms with Crippen molar-refractivity contribution in [3.63, 3.8) is 0 Å². The van der Waals surface area contributed by atoms with Crippen molar-refractivity contribution < 1.29 is 18.9 Å². The predicted octanol–water partition coefficient (Wildman–Crippen LogP) is 2.83. The van der Waals surface area contributed by atoms with Gasteiger partial charge in [0.15, 0.2) is 17.5 Å². The average Bonchev–Trinajstić information content (AvgIpc) is 3.28. The molecule has 0 bridgehead atoms. The van der Waals surface area contributed by atoms with E-state index in [0.717, 1.165) is 75.0 Å². The molecular formula is C22H35N3O4. The van der Waals surface area contributed by atoms with Crippen molar-refractivity contribution in [2.45, 2.75) is 51.4 Å². The lowest BCUT2D eigenvalue weighted by molar-refractivity contribution is -0.0367. The molecule has 162 valence electrons. The van der Waals surface area contributed by atoms with Gasteiger partial charge in [-0.1, -0.05) is 6.07 Å². The van der Waals surface area contributed by atoms with Gasteiger partial charge in [0.2, 0.25) is 0 Å². The minimum Gasteiger partial charge on any atom is -0.493 e. The lowest BCUT2D eigenvalue weighted by Crippen LogP contribution is -2.47. The fraction of sp³-hybridized carbons (Fsp3) is 0.682. The van der Waals surface area contributed by atoms with E-state index < -0.39 is 0 Å². The van der Waals surface area contributed by atoms with Gasteiger partial charge in [-0.3, -0.25) is 4.99 Å². The quantitative estimate of drug-likeness (QED) is 0.530. The van der Waals surface area contributed by atoms with E-state index in [9.17, 15) is 0 Å². The number of hydrogen-bond donors (Lipinski definition) is 1. The molecule has 0 saturated carbocycles. The number of benzene rings is 1. The van der Waals surface area contributed by atoms with Crippen LogP contribution in [0, 0.1) is 0 Å². The Kier molecular flexibility index (Phi) is 8.43. The lowest BCUT2D eigenvalue weighted by atomic mass is 10.1. The minimum atomic E-state index is 0.300. The van der Waals surface area contributed by atoms with Gasteiger partial charge in [0.25, 0.3) is 0 Å². The molecule has 0 spiro atoms. The Morgan fingerprint density at radius 1 is 1.24 bits per heavy atom. The van der Waals surface area contributed by atoms with Crippen LogP contribution >= 0.6 is 0 Å². The van der Waals surface area contributed by atoms with Crippen LogP contribution in [0.3, 0.4) is 0 Å². The first kappa shape index (κ1) is 21.7. The zero-order valence-electron chi connectivity index (χ0n) is 18.0. The van der Waals surface area contributed by atoms with Crippen LogP contribution in [0.15, 0.2) is 23.2 Å². The normalized spacial score (nSPS) is 20.7. The van der Waals surface area contributed by atoms with Crippen LogP contribution in [-0.2, 0) is 16.0 Å². The summed E-state index contributed by atoms with van der Waals surface area (Å²) in [5, 5.41) is 3.47. The maximum absolute atomic E-state index is 6.08. The highest BCUT2D eigenvalue weighted by molar-refractivity contribution is 5.80. The van der Waals surface area contributed by atoms with E-state index in [2.05, 4.69) is 15.2 Å². The molecule has 2 aliphatic heterocycles. The number of rotatable bonds is 8. The highest BCUT2D eigenvalue weighted by atomic mass is 16.5. The molecule has 1 atom stereocenters. The van der Waals surface area contributed by atoms with Crippen molar-refractivity contribution in [1.29, 1.82) is 0 Å². The number of likely N-dealkylation sites (tertiary alicyclic amines) is 1. The first-order valence-corrected chi connectivity index (χ1v) is 10.7. The third kappa shape index (κ3) is 6.24. The largest absolute Gasteiger partial charge is 0.493 e. The van der Waals surface area contributed by atoms with Gasteiger partial charge in [-0.25, -0.2) is 0 Å². The molecule has 2 heterocycles. The van der Waals surface area contributed by atoms with E-state index in [1.54, 1.807) is 7.11 Å². The van der Waals surface area contributed by atoms with Crippen LogP contribution in [-0.4, -0.2) is 70.1 Å². The Hall–Kier alpha value is -1.99. The fourth-order valence-electron chi connectivity index (χ4n) is 3.87. The monoisotopic (exact) mass is 405 g/mol. The molecule has 2 aliphatic rings. The van der Waals surface area contributed by atoms with E-state index in [1.165, 1.54) is 0 Å². The number of nitrogens with one attached hydrogen (secondary N) is 1. The Labute approximate surface area is 174 Å². The molecule has 0 aromatic heterocycles. The number of aliphatic imine (C=N–C) groups is 1. The predicted molar refractivity (Wildman–Crippen MR) is 114 cm³/mol. The van der Waals surface area contributed by atoms with E-state index >= 15 is 0 Å². The van der Waals surface area contributed by atoms with Gasteiger partial charge in [0.1, 0.15) is 0 Å². The van der Waals surface area contributed by atoms with Crippen molar-refractivity contribution >= 4 is 5.96 Å². The van der Waals surface area contributed by atoms with Crippen molar-refractivity contribution in [3.8, 4) is 11.5 Å². The smallest absolute Gasteiger partial charge is 0.193 e. The van der Waals surface area contributed by atoms with Gasteiger partial charge in [0.05, 0.1) is 32.5 Å². The molecule has 1 unspecified atom stereocenters. The van der Waals surface area contributed by atoms with Crippen LogP contribution in [0.4, 0.5) is 0 Å². The summed E-state index contributed by atoms with van der Waals surface area (Å²) < 4.78 is 22.8. The molecule has 7 heteroatoms. The second-order valence-corrected chi connectivity index (χ2v) is 7.47. The van der Waals surface area contributed by atoms with Crippen molar-refractivity contribution in [1.82, 2.24) is 10.2 Å². The van der Waals surface area contributed by atoms with E-state index in [4.69, 9.17) is 18.9 Å². The molecule has 1 N–H and O–H groups in total. The molecule has 0 aliphatic carbocycles. The maximum atomic E-state index is 6.08. The summed E-state index contributed by atoms with van der Waals surface area (Å²) in [7, 11) is 3.49. The summed E-state index contributed by atoms with van der Waals surface area (Å²) in [4.78, 5) is 6.77. The molecule has 7 nitrogen and oxygen atoms in total. The molecule has 1 aromatic carbocycles. The fourth-order valence-corrected chi connectivity index (χ4v) is 3.87. The van der Waals surface area contributed by atoms with Gasteiger partial charge in [-0.05, 0) is 50.3 Å². The Morgan fingerprint density at radius 2 is 2.07 bits per heavy atom. The molecule has 2 saturated heterocycles. The number of piperidine rings is 1. The second-order valence-electron chi connectivity index (χ2n) is 7.47. The van der Waals surface area contributed by atoms with Crippen LogP contribution in [0.1, 0.15) is 38.2 Å². The van der Waals surface area contributed by atoms with Crippen molar-refractivity contribution in [2.24, 2.45) is 4.99 Å². The zero-order valence-corrected chi connectivity index (χ0v) is 18.0. The standard InChI is InChI=1S/C22H35N3O4/c1-4-27-21-14-17(7-8-20(21)26-3)15-24-22(23-2)25-11-9-18(10-12-25)29-16-19-6-5-13-28-19/h7-8,14,18-19H,4-6,9-13,15-16H2,1-3H3,(H,23,24). The topological polar surface area (TPSA) is 64.6 Å². The summed E-state index contributed by atoms with van der Waals surface area (Å²) >= 11 is 0. The summed E-state index contributed by atoms with van der Waals surface area (Å²) in [5.41, 5.74) is 1.13. The van der Waals surface area contributed by atoms with Crippen molar-refractivity contribution in [2.75, 3.05) is 47.1 Å². The lowest BCUT2D eigenvalue weighted by Gasteiger charge is -2.34. The SMILES string of the molecule is CCOc1cc(CNC(=NC)N2CCC(OCC3CCCO3)CC2)ccc1OC. The summed E-state index contributed by atoms with van der Waals surface area (Å²) in [5.74, 6) is 2.45. The number of nitrogens with zero attached hydrogens (tertiary/aromatic N) is 2. The summed E-state index contributed by atoms with van der Waals surface area (Å²) in [6.07, 6.45) is 4.95. The Bertz CT molecular complexity index is 653. The van der Waals surface area contributed by atoms with Gasteiger partial charge in [0, 0.05) is 33.3 Å². The van der Waals surface area contributed by atoms with Crippen LogP contribution in [0.5, 0.6) is 11.5 Å². The maximum Gasteiger partial charge on any atom is 0.193 e. The number of hydrogen-bond acceptors (Lipinski definition) is 5. The molecule has 1 aromatic rings. The van der Waals surface area contributed by atoms with Gasteiger partial charge >= 0.3 is 0 Å². The number of guanidine groups is 1. The highest BCUT2D eigenvalue weighted by Crippen LogP contribution is 2.28. The molecule has 2 fully saturated rings. The average molecular weight is 406 g/mol. The molecule has 29 heavy (non-hydrogen) atoms. The van der Waals surface area contributed by atoms with Crippen molar-refractivity contribution in [3.05, 3.63) is 23.8 Å². The molecule has 3 rings (SSSR count). The van der Waals surface area contributed by atoms with E-state index in [1.807, 2.05) is 32.2 Å². The third-order valence-corrected chi connectivity index (χ3v) is 5.47. The van der Waals surface area contributed by atoms with Gasteiger partial charge in [-0.2, -0.15) is 0 Å². The first-order chi connectivity index (χ1) is 14.2. The van der Waals surface area contributed by atoms with E-state index in [-0.39, 0.29) is 0 Å². The molecule has 0 amide bonds. The summed E-state index contributed by atoms with van der Waals surface area (Å²) in [6, 6.07) is 6.02. The van der Waals surface area contributed by atoms with Crippen LogP contribution in [0.2, 0.25) is 0 Å². The number of methoxy groups -OCH3 is 1. The molecule has 0 radical (unpaired) electrons. The van der Waals surface area contributed by atoms with E-state index in [0.29, 0.717) is 25.4 Å². The van der Waals surface area contributed by atoms with Crippen LogP contribution < -0.4 is 14.8 Å². The van der Waals surface area contributed by atoms with Gasteiger partial charge in [-0.15, -0.1) is 0 Å². The molecular weight excluding hydrogens is 370 g/mol. The summed E-state index contributed by atoms with van der Waals surface area (Å²) in [6.45, 7) is 6.78. The second kappa shape index (κ2) is 11.3. The Morgan fingerprint density at radius 3 is 2.72 bits per heavy atom. The minimum absolute atomic E-state index is 0.300. The highest BCUT2D eigenvalue weighted by Gasteiger charge is 2.24. The van der Waals surface area contributed by atoms with Gasteiger partial charge < -0.3 is 29.2 Å². The number of ether oxygens (including phenoxy) is 4. The third-order valence-electron chi connectivity index (χ3n) is 5.47. The van der Waals surface area contributed by atoms with Crippen LogP contribution in [0.25, 0.3) is 0 Å².